The highest BCUT2D eigenvalue weighted by Gasteiger charge is 2.57. The van der Waals surface area contributed by atoms with Crippen LogP contribution in [0.2, 0.25) is 0 Å². The highest BCUT2D eigenvalue weighted by molar-refractivity contribution is 5.93. The molecule has 0 unspecified atom stereocenters. The van der Waals surface area contributed by atoms with E-state index in [-0.39, 0.29) is 23.8 Å². The van der Waals surface area contributed by atoms with Crippen LogP contribution >= 0.6 is 0 Å². The molecule has 0 bridgehead atoms. The first-order valence-corrected chi connectivity index (χ1v) is 10.2. The van der Waals surface area contributed by atoms with Crippen LogP contribution in [0.4, 0.5) is 0 Å². The quantitative estimate of drug-likeness (QED) is 0.804. The summed E-state index contributed by atoms with van der Waals surface area (Å²) in [5.74, 6) is 0.210. The molecular weight excluding hydrogens is 366 g/mol. The summed E-state index contributed by atoms with van der Waals surface area (Å²) in [6.45, 7) is 4.32. The van der Waals surface area contributed by atoms with Gasteiger partial charge in [0.25, 0.3) is 5.91 Å². The Morgan fingerprint density at radius 1 is 1.28 bits per heavy atom. The number of nitrogens with zero attached hydrogens (tertiary/aromatic N) is 3. The number of carbonyl (C=O) groups is 2. The summed E-state index contributed by atoms with van der Waals surface area (Å²) >= 11 is 0. The maximum atomic E-state index is 12.9. The highest BCUT2D eigenvalue weighted by Crippen LogP contribution is 2.49. The zero-order valence-electron chi connectivity index (χ0n) is 17.3. The Balaban J connectivity index is 1.46. The molecule has 3 atom stereocenters. The van der Waals surface area contributed by atoms with Crippen LogP contribution in [0.5, 0.6) is 0 Å². The van der Waals surface area contributed by atoms with Crippen molar-refractivity contribution in [3.63, 3.8) is 0 Å². The van der Waals surface area contributed by atoms with Gasteiger partial charge in [0, 0.05) is 39.8 Å². The standard InChI is InChI=1S/C22H29N5O2/c1-15-9-19(26(3)25-15)20(28)24-18-10-17-13-27(12-16-7-5-4-6-8-16)14-22(17,11-18)21(29)23-2/h4-9,17-18H,10-14H2,1-3H3,(H,23,29)(H,24,28)/t17-,18-,22-/m0/s1. The molecule has 1 aromatic carbocycles. The van der Waals surface area contributed by atoms with Crippen molar-refractivity contribution in [3.8, 4) is 0 Å². The fourth-order valence-electron chi connectivity index (χ4n) is 5.23. The summed E-state index contributed by atoms with van der Waals surface area (Å²) in [6.07, 6.45) is 1.49. The molecule has 1 aromatic heterocycles. The maximum Gasteiger partial charge on any atom is 0.269 e. The van der Waals surface area contributed by atoms with Gasteiger partial charge in [-0.2, -0.15) is 5.10 Å². The van der Waals surface area contributed by atoms with Crippen molar-refractivity contribution in [1.29, 1.82) is 0 Å². The van der Waals surface area contributed by atoms with E-state index in [2.05, 4.69) is 32.8 Å². The molecule has 2 aliphatic rings. The van der Waals surface area contributed by atoms with Crippen molar-refractivity contribution >= 4 is 11.8 Å². The van der Waals surface area contributed by atoms with Gasteiger partial charge < -0.3 is 10.6 Å². The summed E-state index contributed by atoms with van der Waals surface area (Å²) < 4.78 is 1.61. The largest absolute Gasteiger partial charge is 0.359 e. The average Bonchev–Trinajstić information content (AvgIpc) is 3.31. The van der Waals surface area contributed by atoms with E-state index in [9.17, 15) is 9.59 Å². The topological polar surface area (TPSA) is 79.3 Å². The normalized spacial score (nSPS) is 26.3. The highest BCUT2D eigenvalue weighted by atomic mass is 16.2. The average molecular weight is 396 g/mol. The predicted molar refractivity (Wildman–Crippen MR) is 110 cm³/mol. The maximum absolute atomic E-state index is 12.9. The lowest BCUT2D eigenvalue weighted by molar-refractivity contribution is -0.131. The third-order valence-electron chi connectivity index (χ3n) is 6.44. The molecule has 1 aliphatic carbocycles. The Hall–Kier alpha value is -2.67. The molecule has 2 amide bonds. The van der Waals surface area contributed by atoms with Crippen molar-refractivity contribution in [2.45, 2.75) is 32.4 Å². The van der Waals surface area contributed by atoms with Gasteiger partial charge in [0.1, 0.15) is 5.69 Å². The summed E-state index contributed by atoms with van der Waals surface area (Å²) in [5, 5.41) is 10.3. The van der Waals surface area contributed by atoms with Gasteiger partial charge in [0.15, 0.2) is 0 Å². The second-order valence-electron chi connectivity index (χ2n) is 8.49. The van der Waals surface area contributed by atoms with E-state index in [1.165, 1.54) is 5.56 Å². The van der Waals surface area contributed by atoms with E-state index in [0.29, 0.717) is 12.1 Å². The molecule has 2 N–H and O–H groups in total. The van der Waals surface area contributed by atoms with Crippen LogP contribution in [0.3, 0.4) is 0 Å². The molecule has 2 fully saturated rings. The Labute approximate surface area is 171 Å². The Morgan fingerprint density at radius 2 is 2.03 bits per heavy atom. The molecule has 2 aromatic rings. The minimum atomic E-state index is -0.441. The molecule has 1 saturated carbocycles. The number of carbonyl (C=O) groups excluding carboxylic acids is 2. The molecule has 154 valence electrons. The lowest BCUT2D eigenvalue weighted by Gasteiger charge is -2.27. The number of hydrogen-bond acceptors (Lipinski definition) is 4. The van der Waals surface area contributed by atoms with Crippen LogP contribution in [0.15, 0.2) is 36.4 Å². The van der Waals surface area contributed by atoms with Gasteiger partial charge in [-0.3, -0.25) is 19.2 Å². The van der Waals surface area contributed by atoms with Gasteiger partial charge >= 0.3 is 0 Å². The number of likely N-dealkylation sites (tertiary alicyclic amines) is 1. The molecule has 2 heterocycles. The number of hydrogen-bond donors (Lipinski definition) is 2. The zero-order chi connectivity index (χ0) is 20.6. The van der Waals surface area contributed by atoms with Gasteiger partial charge in [-0.15, -0.1) is 0 Å². The van der Waals surface area contributed by atoms with Crippen molar-refractivity contribution in [2.75, 3.05) is 20.1 Å². The number of rotatable bonds is 5. The zero-order valence-corrected chi connectivity index (χ0v) is 17.3. The predicted octanol–water partition coefficient (Wildman–Crippen LogP) is 1.49. The van der Waals surface area contributed by atoms with Crippen LogP contribution < -0.4 is 10.6 Å². The molecule has 29 heavy (non-hydrogen) atoms. The van der Waals surface area contributed by atoms with Crippen molar-refractivity contribution in [3.05, 3.63) is 53.3 Å². The number of benzene rings is 1. The van der Waals surface area contributed by atoms with E-state index in [4.69, 9.17) is 0 Å². The second kappa shape index (κ2) is 7.63. The van der Waals surface area contributed by atoms with Crippen LogP contribution in [0.25, 0.3) is 0 Å². The third kappa shape index (κ3) is 3.67. The molecule has 0 radical (unpaired) electrons. The molecule has 4 rings (SSSR count). The first kappa shape index (κ1) is 19.6. The number of nitrogens with one attached hydrogen (secondary N) is 2. The molecule has 0 spiro atoms. The number of aryl methyl sites for hydroxylation is 2. The Kier molecular flexibility index (Phi) is 5.17. The first-order valence-electron chi connectivity index (χ1n) is 10.2. The van der Waals surface area contributed by atoms with E-state index in [0.717, 1.165) is 31.7 Å². The van der Waals surface area contributed by atoms with Gasteiger partial charge in [-0.05, 0) is 37.3 Å². The van der Waals surface area contributed by atoms with Gasteiger partial charge in [0.2, 0.25) is 5.91 Å². The van der Waals surface area contributed by atoms with Gasteiger partial charge in [-0.25, -0.2) is 0 Å². The minimum absolute atomic E-state index is 0.00104. The van der Waals surface area contributed by atoms with Crippen LogP contribution in [0.1, 0.15) is 34.6 Å². The summed E-state index contributed by atoms with van der Waals surface area (Å²) in [6, 6.07) is 12.2. The number of aromatic nitrogens is 2. The Morgan fingerprint density at radius 3 is 2.69 bits per heavy atom. The molecular formula is C22H29N5O2. The lowest BCUT2D eigenvalue weighted by atomic mass is 9.80. The molecule has 1 saturated heterocycles. The van der Waals surface area contributed by atoms with E-state index in [1.807, 2.05) is 25.1 Å². The third-order valence-corrected chi connectivity index (χ3v) is 6.44. The summed E-state index contributed by atoms with van der Waals surface area (Å²) in [4.78, 5) is 28.0. The Bertz CT molecular complexity index is 909. The van der Waals surface area contributed by atoms with Crippen molar-refractivity contribution < 1.29 is 9.59 Å². The fourth-order valence-corrected chi connectivity index (χ4v) is 5.23. The first-order chi connectivity index (χ1) is 13.9. The molecule has 1 aliphatic heterocycles. The van der Waals surface area contributed by atoms with E-state index >= 15 is 0 Å². The monoisotopic (exact) mass is 395 g/mol. The van der Waals surface area contributed by atoms with Crippen LogP contribution in [-0.4, -0.2) is 52.7 Å². The van der Waals surface area contributed by atoms with E-state index < -0.39 is 5.41 Å². The SMILES string of the molecule is CNC(=O)[C@]12C[C@@H](NC(=O)c3cc(C)nn3C)C[C@H]1CN(Cc1ccccc1)C2. The number of fused-ring (bicyclic) bond motifs is 1. The molecule has 7 nitrogen and oxygen atoms in total. The summed E-state index contributed by atoms with van der Waals surface area (Å²) in [7, 11) is 3.48. The lowest BCUT2D eigenvalue weighted by Crippen LogP contribution is -2.44. The second-order valence-corrected chi connectivity index (χ2v) is 8.49. The summed E-state index contributed by atoms with van der Waals surface area (Å²) in [5.41, 5.74) is 2.19. The van der Waals surface area contributed by atoms with E-state index in [1.54, 1.807) is 24.8 Å². The minimum Gasteiger partial charge on any atom is -0.359 e. The smallest absolute Gasteiger partial charge is 0.269 e. The van der Waals surface area contributed by atoms with Crippen molar-refractivity contribution in [2.24, 2.45) is 18.4 Å². The van der Waals surface area contributed by atoms with Crippen LogP contribution in [0, 0.1) is 18.3 Å². The van der Waals surface area contributed by atoms with Crippen molar-refractivity contribution in [1.82, 2.24) is 25.3 Å². The van der Waals surface area contributed by atoms with Gasteiger partial charge in [0.05, 0.1) is 11.1 Å². The fraction of sp³-hybridized carbons (Fsp3) is 0.500. The van der Waals surface area contributed by atoms with Crippen LogP contribution in [-0.2, 0) is 18.4 Å². The molecule has 7 heteroatoms. The van der Waals surface area contributed by atoms with Gasteiger partial charge in [-0.1, -0.05) is 30.3 Å². The number of amides is 2.